The molecule has 0 radical (unpaired) electrons. The molecule has 8 nitrogen and oxygen atoms in total. The summed E-state index contributed by atoms with van der Waals surface area (Å²) in [4.78, 5) is 42.9. The number of methoxy groups -OCH3 is 1. The summed E-state index contributed by atoms with van der Waals surface area (Å²) in [7, 11) is 1.50. The number of nitrogens with one attached hydrogen (secondary N) is 1. The molecule has 1 amide bonds. The van der Waals surface area contributed by atoms with Crippen LogP contribution in [-0.4, -0.2) is 34.9 Å². The molecule has 1 aromatic heterocycles. The standard InChI is InChI=1S/C23H26N4O4S/c1-31-14-13-26-21(24)20(22(29)25-23(26)30)27(16-17-8-4-2-5-9-17)19(28)12-15-32-18-10-6-3-7-11-18/h2-11H,12-16,24H2,1H3,(H,25,29,30). The van der Waals surface area contributed by atoms with Crippen LogP contribution in [0, 0.1) is 0 Å². The van der Waals surface area contributed by atoms with Gasteiger partial charge in [-0.05, 0) is 17.7 Å². The predicted molar refractivity (Wildman–Crippen MR) is 127 cm³/mol. The van der Waals surface area contributed by atoms with E-state index in [-0.39, 0.29) is 43.5 Å². The van der Waals surface area contributed by atoms with Crippen molar-refractivity contribution >= 4 is 29.2 Å². The van der Waals surface area contributed by atoms with Gasteiger partial charge in [0.1, 0.15) is 5.82 Å². The van der Waals surface area contributed by atoms with E-state index >= 15 is 0 Å². The van der Waals surface area contributed by atoms with E-state index in [0.29, 0.717) is 5.75 Å². The first-order valence-corrected chi connectivity index (χ1v) is 11.1. The number of nitrogen functional groups attached to an aromatic ring is 1. The molecule has 1 heterocycles. The minimum atomic E-state index is -0.693. The number of thioether (sulfide) groups is 1. The number of benzene rings is 2. The SMILES string of the molecule is COCCn1c(N)c(N(Cc2ccccc2)C(=O)CCSc2ccccc2)c(=O)[nH]c1=O. The second-order valence-electron chi connectivity index (χ2n) is 7.01. The number of H-pyrrole nitrogens is 1. The summed E-state index contributed by atoms with van der Waals surface area (Å²) in [5.74, 6) is 0.220. The van der Waals surface area contributed by atoms with Crippen molar-refractivity contribution in [3.05, 3.63) is 87.1 Å². The van der Waals surface area contributed by atoms with Crippen molar-refractivity contribution in [2.75, 3.05) is 30.1 Å². The number of rotatable bonds is 10. The summed E-state index contributed by atoms with van der Waals surface area (Å²) in [5.41, 5.74) is 5.70. The first-order chi connectivity index (χ1) is 15.5. The molecule has 0 spiro atoms. The van der Waals surface area contributed by atoms with Crippen LogP contribution in [0.2, 0.25) is 0 Å². The van der Waals surface area contributed by atoms with Crippen molar-refractivity contribution in [3.8, 4) is 0 Å². The molecule has 0 aliphatic heterocycles. The van der Waals surface area contributed by atoms with Crippen molar-refractivity contribution in [2.24, 2.45) is 0 Å². The first-order valence-electron chi connectivity index (χ1n) is 10.1. The lowest BCUT2D eigenvalue weighted by molar-refractivity contribution is -0.118. The monoisotopic (exact) mass is 454 g/mol. The summed E-state index contributed by atoms with van der Waals surface area (Å²) in [5, 5.41) is 0. The van der Waals surface area contributed by atoms with Crippen molar-refractivity contribution in [1.82, 2.24) is 9.55 Å². The Morgan fingerprint density at radius 2 is 1.75 bits per heavy atom. The fourth-order valence-corrected chi connectivity index (χ4v) is 4.07. The first kappa shape index (κ1) is 23.4. The van der Waals surface area contributed by atoms with Gasteiger partial charge in [-0.2, -0.15) is 0 Å². The van der Waals surface area contributed by atoms with Gasteiger partial charge in [0, 0.05) is 24.2 Å². The number of hydrogen-bond acceptors (Lipinski definition) is 6. The van der Waals surface area contributed by atoms with Crippen molar-refractivity contribution < 1.29 is 9.53 Å². The average molecular weight is 455 g/mol. The second-order valence-corrected chi connectivity index (χ2v) is 8.18. The zero-order valence-electron chi connectivity index (χ0n) is 17.8. The lowest BCUT2D eigenvalue weighted by Crippen LogP contribution is -2.41. The fraction of sp³-hybridized carbons (Fsp3) is 0.261. The molecule has 3 N–H and O–H groups in total. The van der Waals surface area contributed by atoms with Gasteiger partial charge in [0.15, 0.2) is 5.69 Å². The third-order valence-corrected chi connectivity index (χ3v) is 5.83. The van der Waals surface area contributed by atoms with E-state index < -0.39 is 11.2 Å². The smallest absolute Gasteiger partial charge is 0.330 e. The Kier molecular flexibility index (Phi) is 8.29. The van der Waals surface area contributed by atoms with Gasteiger partial charge in [-0.1, -0.05) is 48.5 Å². The van der Waals surface area contributed by atoms with Crippen LogP contribution in [0.5, 0.6) is 0 Å². The maximum Gasteiger partial charge on any atom is 0.330 e. The molecule has 3 aromatic rings. The van der Waals surface area contributed by atoms with Gasteiger partial charge in [-0.25, -0.2) is 4.79 Å². The van der Waals surface area contributed by atoms with Crippen LogP contribution in [-0.2, 0) is 22.6 Å². The number of aromatic amines is 1. The van der Waals surface area contributed by atoms with Crippen molar-refractivity contribution in [1.29, 1.82) is 0 Å². The van der Waals surface area contributed by atoms with Crippen LogP contribution >= 0.6 is 11.8 Å². The second kappa shape index (κ2) is 11.4. The molecule has 0 bridgehead atoms. The van der Waals surface area contributed by atoms with Gasteiger partial charge < -0.3 is 15.4 Å². The van der Waals surface area contributed by atoms with Crippen molar-refractivity contribution in [2.45, 2.75) is 24.4 Å². The van der Waals surface area contributed by atoms with E-state index in [0.717, 1.165) is 10.5 Å². The zero-order chi connectivity index (χ0) is 22.9. The molecule has 3 rings (SSSR count). The van der Waals surface area contributed by atoms with Crippen LogP contribution in [0.1, 0.15) is 12.0 Å². The molecule has 32 heavy (non-hydrogen) atoms. The molecule has 0 aliphatic carbocycles. The maximum atomic E-state index is 13.2. The fourth-order valence-electron chi connectivity index (χ4n) is 3.21. The quantitative estimate of drug-likeness (QED) is 0.456. The van der Waals surface area contributed by atoms with E-state index in [4.69, 9.17) is 10.5 Å². The highest BCUT2D eigenvalue weighted by molar-refractivity contribution is 7.99. The maximum absolute atomic E-state index is 13.2. The summed E-state index contributed by atoms with van der Waals surface area (Å²) in [6.07, 6.45) is 0.197. The highest BCUT2D eigenvalue weighted by Gasteiger charge is 2.24. The van der Waals surface area contributed by atoms with Gasteiger partial charge in [-0.15, -0.1) is 11.8 Å². The number of hydrogen-bond donors (Lipinski definition) is 2. The largest absolute Gasteiger partial charge is 0.383 e. The van der Waals surface area contributed by atoms with Crippen LogP contribution in [0.3, 0.4) is 0 Å². The molecule has 0 saturated heterocycles. The van der Waals surface area contributed by atoms with E-state index in [2.05, 4.69) is 4.98 Å². The Labute approximate surface area is 190 Å². The zero-order valence-corrected chi connectivity index (χ0v) is 18.6. The van der Waals surface area contributed by atoms with Crippen LogP contribution < -0.4 is 21.9 Å². The molecule has 0 fully saturated rings. The molecule has 0 aliphatic rings. The third-order valence-electron chi connectivity index (χ3n) is 4.82. The third kappa shape index (κ3) is 5.89. The van der Waals surface area contributed by atoms with Gasteiger partial charge >= 0.3 is 5.69 Å². The number of nitrogens with zero attached hydrogens (tertiary/aromatic N) is 2. The van der Waals surface area contributed by atoms with E-state index in [1.807, 2.05) is 60.7 Å². The number of aromatic nitrogens is 2. The Bertz CT molecular complexity index is 1150. The minimum Gasteiger partial charge on any atom is -0.383 e. The van der Waals surface area contributed by atoms with E-state index in [1.165, 1.54) is 16.6 Å². The Morgan fingerprint density at radius 3 is 2.41 bits per heavy atom. The Morgan fingerprint density at radius 1 is 1.09 bits per heavy atom. The Balaban J connectivity index is 1.91. The molecule has 9 heteroatoms. The summed E-state index contributed by atoms with van der Waals surface area (Å²) in [6, 6.07) is 19.1. The lowest BCUT2D eigenvalue weighted by atomic mass is 10.2. The number of carbonyl (C=O) groups excluding carboxylic acids is 1. The Hall–Kier alpha value is -3.30. The number of amides is 1. The lowest BCUT2D eigenvalue weighted by Gasteiger charge is -2.24. The van der Waals surface area contributed by atoms with E-state index in [1.54, 1.807) is 11.8 Å². The summed E-state index contributed by atoms with van der Waals surface area (Å²) >= 11 is 1.56. The van der Waals surface area contributed by atoms with E-state index in [9.17, 15) is 14.4 Å². The molecule has 0 unspecified atom stereocenters. The van der Waals surface area contributed by atoms with Gasteiger partial charge in [0.2, 0.25) is 5.91 Å². The molecule has 2 aromatic carbocycles. The topological polar surface area (TPSA) is 110 Å². The molecule has 168 valence electrons. The number of carbonyl (C=O) groups is 1. The van der Waals surface area contributed by atoms with Crippen molar-refractivity contribution in [3.63, 3.8) is 0 Å². The summed E-state index contributed by atoms with van der Waals surface area (Å²) < 4.78 is 6.25. The normalized spacial score (nSPS) is 10.8. The number of nitrogens with two attached hydrogens (primary N) is 1. The van der Waals surface area contributed by atoms with Crippen LogP contribution in [0.4, 0.5) is 11.5 Å². The molecule has 0 saturated carbocycles. The minimum absolute atomic E-state index is 0.0285. The molecule has 0 atom stereocenters. The predicted octanol–water partition coefficient (Wildman–Crippen LogP) is 2.48. The van der Waals surface area contributed by atoms with Crippen LogP contribution in [0.25, 0.3) is 0 Å². The highest BCUT2D eigenvalue weighted by Crippen LogP contribution is 2.23. The van der Waals surface area contributed by atoms with Gasteiger partial charge in [0.25, 0.3) is 5.56 Å². The molecular formula is C23H26N4O4S. The number of anilines is 2. The van der Waals surface area contributed by atoms with Gasteiger partial charge in [-0.3, -0.25) is 19.1 Å². The van der Waals surface area contributed by atoms with Gasteiger partial charge in [0.05, 0.1) is 19.7 Å². The summed E-state index contributed by atoms with van der Waals surface area (Å²) in [6.45, 7) is 0.545. The highest BCUT2D eigenvalue weighted by atomic mass is 32.2. The average Bonchev–Trinajstić information content (AvgIpc) is 2.79. The number of ether oxygens (including phenoxy) is 1. The van der Waals surface area contributed by atoms with Crippen LogP contribution in [0.15, 0.2) is 75.1 Å². The molecular weight excluding hydrogens is 428 g/mol.